The van der Waals surface area contributed by atoms with Crippen LogP contribution in [0.15, 0.2) is 30.7 Å². The summed E-state index contributed by atoms with van der Waals surface area (Å²) < 4.78 is 13.8. The van der Waals surface area contributed by atoms with Gasteiger partial charge in [-0.15, -0.1) is 0 Å². The van der Waals surface area contributed by atoms with E-state index in [1.54, 1.807) is 0 Å². The summed E-state index contributed by atoms with van der Waals surface area (Å²) in [6, 6.07) is 2.76. The number of primary amides is 1. The van der Waals surface area contributed by atoms with Crippen molar-refractivity contribution in [1.82, 2.24) is 14.8 Å². The Morgan fingerprint density at radius 1 is 1.43 bits per heavy atom. The molecule has 0 saturated heterocycles. The molecule has 0 radical (unpaired) electrons. The number of amides is 2. The SMILES string of the molecule is NC(=O)c1ccc(NC(=O)[C@@H](O)Cn2cc(F)cn2)cn1. The molecule has 2 aromatic heterocycles. The van der Waals surface area contributed by atoms with Crippen LogP contribution < -0.4 is 11.1 Å². The lowest BCUT2D eigenvalue weighted by Crippen LogP contribution is -2.31. The minimum atomic E-state index is -1.42. The lowest BCUT2D eigenvalue weighted by atomic mass is 10.3. The van der Waals surface area contributed by atoms with Gasteiger partial charge in [0.05, 0.1) is 30.8 Å². The second-order valence-electron chi connectivity index (χ2n) is 4.18. The zero-order valence-corrected chi connectivity index (χ0v) is 10.7. The number of pyridine rings is 1. The van der Waals surface area contributed by atoms with Gasteiger partial charge in [0, 0.05) is 0 Å². The third kappa shape index (κ3) is 3.83. The molecule has 0 saturated carbocycles. The average molecular weight is 293 g/mol. The van der Waals surface area contributed by atoms with E-state index in [9.17, 15) is 19.1 Å². The Morgan fingerprint density at radius 3 is 2.71 bits per heavy atom. The molecular formula is C12H12FN5O3. The molecule has 0 aliphatic heterocycles. The van der Waals surface area contributed by atoms with Gasteiger partial charge in [0.1, 0.15) is 5.69 Å². The fraction of sp³-hybridized carbons (Fsp3) is 0.167. The number of halogens is 1. The van der Waals surface area contributed by atoms with E-state index in [0.717, 1.165) is 17.1 Å². The normalized spacial score (nSPS) is 11.9. The van der Waals surface area contributed by atoms with Crippen molar-refractivity contribution in [2.75, 3.05) is 5.32 Å². The number of rotatable bonds is 5. The van der Waals surface area contributed by atoms with Crippen LogP contribution in [-0.4, -0.2) is 37.8 Å². The molecule has 1 atom stereocenters. The van der Waals surface area contributed by atoms with E-state index in [-0.39, 0.29) is 17.9 Å². The third-order valence-electron chi connectivity index (χ3n) is 2.55. The van der Waals surface area contributed by atoms with Gasteiger partial charge in [-0.2, -0.15) is 5.10 Å². The Morgan fingerprint density at radius 2 is 2.19 bits per heavy atom. The average Bonchev–Trinajstić information content (AvgIpc) is 2.84. The first-order valence-corrected chi connectivity index (χ1v) is 5.88. The molecule has 2 amide bonds. The van der Waals surface area contributed by atoms with Crippen LogP contribution in [0.4, 0.5) is 10.1 Å². The second-order valence-corrected chi connectivity index (χ2v) is 4.18. The van der Waals surface area contributed by atoms with Gasteiger partial charge >= 0.3 is 0 Å². The van der Waals surface area contributed by atoms with E-state index in [0.29, 0.717) is 0 Å². The molecule has 9 heteroatoms. The Labute approximate surface area is 118 Å². The van der Waals surface area contributed by atoms with Crippen LogP contribution in [0, 0.1) is 5.82 Å². The van der Waals surface area contributed by atoms with E-state index in [2.05, 4.69) is 15.4 Å². The van der Waals surface area contributed by atoms with Crippen molar-refractivity contribution in [3.8, 4) is 0 Å². The Kier molecular flexibility index (Phi) is 4.24. The summed E-state index contributed by atoms with van der Waals surface area (Å²) in [6.45, 7) is -0.192. The van der Waals surface area contributed by atoms with Crippen LogP contribution in [0.3, 0.4) is 0 Å². The Hall–Kier alpha value is -2.81. The van der Waals surface area contributed by atoms with Gasteiger partial charge in [0.2, 0.25) is 0 Å². The van der Waals surface area contributed by atoms with E-state index in [1.165, 1.54) is 18.3 Å². The largest absolute Gasteiger partial charge is 0.381 e. The third-order valence-corrected chi connectivity index (χ3v) is 2.55. The van der Waals surface area contributed by atoms with Crippen molar-refractivity contribution in [3.05, 3.63) is 42.2 Å². The van der Waals surface area contributed by atoms with Crippen molar-refractivity contribution in [2.24, 2.45) is 5.73 Å². The molecule has 0 spiro atoms. The highest BCUT2D eigenvalue weighted by Crippen LogP contribution is 2.07. The molecule has 0 aliphatic carbocycles. The number of aliphatic hydroxyl groups excluding tert-OH is 1. The molecule has 4 N–H and O–H groups in total. The number of hydrogen-bond acceptors (Lipinski definition) is 5. The lowest BCUT2D eigenvalue weighted by molar-refractivity contribution is -0.124. The summed E-state index contributed by atoms with van der Waals surface area (Å²) in [5.74, 6) is -1.96. The van der Waals surface area contributed by atoms with Crippen LogP contribution in [0.2, 0.25) is 0 Å². The van der Waals surface area contributed by atoms with Crippen LogP contribution >= 0.6 is 0 Å². The number of aliphatic hydroxyl groups is 1. The zero-order chi connectivity index (χ0) is 15.4. The number of nitrogens with two attached hydrogens (primary N) is 1. The van der Waals surface area contributed by atoms with Gasteiger partial charge in [0.15, 0.2) is 11.9 Å². The van der Waals surface area contributed by atoms with Crippen LogP contribution in [0.25, 0.3) is 0 Å². The monoisotopic (exact) mass is 293 g/mol. The summed E-state index contributed by atoms with van der Waals surface area (Å²) in [6.07, 6.45) is 1.84. The minimum Gasteiger partial charge on any atom is -0.381 e. The van der Waals surface area contributed by atoms with Gasteiger partial charge in [-0.25, -0.2) is 9.37 Å². The highest BCUT2D eigenvalue weighted by atomic mass is 19.1. The predicted octanol–water partition coefficient (Wildman–Crippen LogP) is -0.484. The maximum absolute atomic E-state index is 12.7. The minimum absolute atomic E-state index is 0.0561. The van der Waals surface area contributed by atoms with Gasteiger partial charge in [-0.05, 0) is 12.1 Å². The maximum Gasteiger partial charge on any atom is 0.267 e. The summed E-state index contributed by atoms with van der Waals surface area (Å²) in [7, 11) is 0. The molecule has 0 bridgehead atoms. The van der Waals surface area contributed by atoms with Gasteiger partial charge in [0.25, 0.3) is 11.8 Å². The van der Waals surface area contributed by atoms with E-state index in [4.69, 9.17) is 5.73 Å². The lowest BCUT2D eigenvalue weighted by Gasteiger charge is -2.11. The fourth-order valence-corrected chi connectivity index (χ4v) is 1.54. The molecule has 8 nitrogen and oxygen atoms in total. The Balaban J connectivity index is 1.95. The van der Waals surface area contributed by atoms with E-state index in [1.807, 2.05) is 0 Å². The van der Waals surface area contributed by atoms with Crippen LogP contribution in [0.1, 0.15) is 10.5 Å². The first kappa shape index (κ1) is 14.6. The van der Waals surface area contributed by atoms with Crippen molar-refractivity contribution in [2.45, 2.75) is 12.6 Å². The number of hydrogen-bond donors (Lipinski definition) is 3. The Bertz CT molecular complexity index is 655. The molecule has 0 aromatic carbocycles. The highest BCUT2D eigenvalue weighted by molar-refractivity contribution is 5.94. The number of carbonyl (C=O) groups is 2. The topological polar surface area (TPSA) is 123 Å². The smallest absolute Gasteiger partial charge is 0.267 e. The van der Waals surface area contributed by atoms with Gasteiger partial charge < -0.3 is 16.2 Å². The van der Waals surface area contributed by atoms with E-state index >= 15 is 0 Å². The number of nitrogens with zero attached hydrogens (tertiary/aromatic N) is 3. The van der Waals surface area contributed by atoms with Crippen LogP contribution in [-0.2, 0) is 11.3 Å². The van der Waals surface area contributed by atoms with Crippen molar-refractivity contribution >= 4 is 17.5 Å². The number of nitrogens with one attached hydrogen (secondary N) is 1. The van der Waals surface area contributed by atoms with Gasteiger partial charge in [-0.1, -0.05) is 0 Å². The van der Waals surface area contributed by atoms with Crippen molar-refractivity contribution < 1.29 is 19.1 Å². The summed E-state index contributed by atoms with van der Waals surface area (Å²) in [5, 5.41) is 15.7. The molecule has 21 heavy (non-hydrogen) atoms. The van der Waals surface area contributed by atoms with Crippen molar-refractivity contribution in [3.63, 3.8) is 0 Å². The molecule has 110 valence electrons. The molecule has 0 unspecified atom stereocenters. The molecule has 2 heterocycles. The molecule has 0 fully saturated rings. The standard InChI is InChI=1S/C12H12FN5O3/c13-7-3-16-18(5-7)6-10(19)12(21)17-8-1-2-9(11(14)20)15-4-8/h1-5,10,19H,6H2,(H2,14,20)(H,17,21)/t10-/m0/s1. The molecule has 2 rings (SSSR count). The quantitative estimate of drug-likeness (QED) is 0.686. The molecular weight excluding hydrogens is 281 g/mol. The summed E-state index contributed by atoms with van der Waals surface area (Å²) in [5.41, 5.74) is 5.38. The number of anilines is 1. The first-order chi connectivity index (χ1) is 9.95. The first-order valence-electron chi connectivity index (χ1n) is 5.88. The molecule has 0 aliphatic rings. The van der Waals surface area contributed by atoms with Crippen molar-refractivity contribution in [1.29, 1.82) is 0 Å². The summed E-state index contributed by atoms with van der Waals surface area (Å²) >= 11 is 0. The number of carbonyl (C=O) groups excluding carboxylic acids is 2. The summed E-state index contributed by atoms with van der Waals surface area (Å²) in [4.78, 5) is 26.3. The molecule has 2 aromatic rings. The van der Waals surface area contributed by atoms with E-state index < -0.39 is 23.7 Å². The van der Waals surface area contributed by atoms with Crippen LogP contribution in [0.5, 0.6) is 0 Å². The zero-order valence-electron chi connectivity index (χ0n) is 10.7. The fourth-order valence-electron chi connectivity index (χ4n) is 1.54. The second kappa shape index (κ2) is 6.09. The maximum atomic E-state index is 12.7. The number of aromatic nitrogens is 3. The highest BCUT2D eigenvalue weighted by Gasteiger charge is 2.16. The van der Waals surface area contributed by atoms with Gasteiger partial charge in [-0.3, -0.25) is 14.3 Å². The predicted molar refractivity (Wildman–Crippen MR) is 69.6 cm³/mol.